The van der Waals surface area contributed by atoms with Gasteiger partial charge in [-0.2, -0.15) is 0 Å². The Hall–Kier alpha value is -3.48. The van der Waals surface area contributed by atoms with Crippen molar-refractivity contribution in [3.8, 4) is 0 Å². The van der Waals surface area contributed by atoms with Crippen LogP contribution in [0.4, 0.5) is 0 Å². The van der Waals surface area contributed by atoms with Gasteiger partial charge in [-0.25, -0.2) is 9.78 Å². The van der Waals surface area contributed by atoms with Gasteiger partial charge in [-0.3, -0.25) is 14.2 Å². The van der Waals surface area contributed by atoms with Crippen LogP contribution in [0.1, 0.15) is 41.1 Å². The van der Waals surface area contributed by atoms with E-state index < -0.39 is 5.97 Å². The third kappa shape index (κ3) is 3.89. The summed E-state index contributed by atoms with van der Waals surface area (Å²) in [4.78, 5) is 41.5. The number of aryl methyl sites for hydroxylation is 1. The van der Waals surface area contributed by atoms with E-state index in [1.165, 1.54) is 6.07 Å². The Morgan fingerprint density at radius 3 is 2.79 bits per heavy atom. The van der Waals surface area contributed by atoms with Gasteiger partial charge < -0.3 is 10.1 Å². The van der Waals surface area contributed by atoms with Crippen LogP contribution in [-0.4, -0.2) is 28.0 Å². The van der Waals surface area contributed by atoms with Crippen LogP contribution in [0.5, 0.6) is 0 Å². The summed E-state index contributed by atoms with van der Waals surface area (Å²) in [5.74, 6) is -0.274. The molecule has 148 valence electrons. The van der Waals surface area contributed by atoms with Gasteiger partial charge in [0, 0.05) is 13.0 Å². The van der Waals surface area contributed by atoms with Gasteiger partial charge in [0.2, 0.25) is 0 Å². The van der Waals surface area contributed by atoms with Crippen LogP contribution in [0.15, 0.2) is 53.3 Å². The molecule has 4 rings (SSSR count). The molecule has 0 saturated carbocycles. The minimum absolute atomic E-state index is 0.0864. The largest absolute Gasteiger partial charge is 0.452 e. The zero-order chi connectivity index (χ0) is 20.4. The molecule has 0 fully saturated rings. The Bertz CT molecular complexity index is 1140. The molecule has 7 nitrogen and oxygen atoms in total. The lowest BCUT2D eigenvalue weighted by atomic mass is 10.1. The summed E-state index contributed by atoms with van der Waals surface area (Å²) < 4.78 is 6.82. The minimum Gasteiger partial charge on any atom is -0.452 e. The average Bonchev–Trinajstić information content (AvgIpc) is 3.21. The highest BCUT2D eigenvalue weighted by Gasteiger charge is 2.18. The lowest BCUT2D eigenvalue weighted by molar-refractivity contribution is -0.124. The molecule has 7 heteroatoms. The molecule has 1 aliphatic rings. The summed E-state index contributed by atoms with van der Waals surface area (Å²) in [5, 5.41) is 3.27. The molecule has 29 heavy (non-hydrogen) atoms. The van der Waals surface area contributed by atoms with Crippen LogP contribution in [0.2, 0.25) is 0 Å². The highest BCUT2D eigenvalue weighted by atomic mass is 16.5. The number of hydrogen-bond donors (Lipinski definition) is 1. The third-order valence-corrected chi connectivity index (χ3v) is 5.06. The summed E-state index contributed by atoms with van der Waals surface area (Å²) in [5.41, 5.74) is 1.61. The molecule has 0 saturated heterocycles. The van der Waals surface area contributed by atoms with E-state index in [9.17, 15) is 14.4 Å². The SMILES string of the molecule is C[C@H](NC(=O)COC(=O)c1ccc2c(=O)n3c(nc2c1)CCC3)c1ccccc1. The van der Waals surface area contributed by atoms with Gasteiger partial charge in [0.15, 0.2) is 6.61 Å². The molecule has 1 amide bonds. The number of nitrogens with zero attached hydrogens (tertiary/aromatic N) is 2. The van der Waals surface area contributed by atoms with Crippen molar-refractivity contribution in [3.05, 3.63) is 75.8 Å². The van der Waals surface area contributed by atoms with Crippen LogP contribution < -0.4 is 10.9 Å². The predicted octanol–water partition coefficient (Wildman–Crippen LogP) is 2.38. The van der Waals surface area contributed by atoms with Gasteiger partial charge >= 0.3 is 5.97 Å². The Morgan fingerprint density at radius 2 is 2.00 bits per heavy atom. The van der Waals surface area contributed by atoms with Crippen LogP contribution in [-0.2, 0) is 22.5 Å². The summed E-state index contributed by atoms with van der Waals surface area (Å²) in [6, 6.07) is 14.0. The molecule has 2 heterocycles. The second kappa shape index (κ2) is 7.87. The number of rotatable bonds is 5. The van der Waals surface area contributed by atoms with E-state index in [0.29, 0.717) is 17.4 Å². The Morgan fingerprint density at radius 1 is 1.21 bits per heavy atom. The van der Waals surface area contributed by atoms with Crippen molar-refractivity contribution in [2.24, 2.45) is 0 Å². The number of ether oxygens (including phenoxy) is 1. The van der Waals surface area contributed by atoms with Crippen LogP contribution in [0, 0.1) is 0 Å². The molecular weight excluding hydrogens is 370 g/mol. The fourth-order valence-electron chi connectivity index (χ4n) is 3.53. The van der Waals surface area contributed by atoms with E-state index in [1.807, 2.05) is 37.3 Å². The highest BCUT2D eigenvalue weighted by molar-refractivity contribution is 5.95. The van der Waals surface area contributed by atoms with Crippen LogP contribution >= 0.6 is 0 Å². The molecule has 0 radical (unpaired) electrons. The lowest BCUT2D eigenvalue weighted by Crippen LogP contribution is -2.31. The summed E-state index contributed by atoms with van der Waals surface area (Å²) in [7, 11) is 0. The first-order valence-electron chi connectivity index (χ1n) is 9.58. The smallest absolute Gasteiger partial charge is 0.338 e. The highest BCUT2D eigenvalue weighted by Crippen LogP contribution is 2.17. The number of hydrogen-bond acceptors (Lipinski definition) is 5. The normalized spacial score (nSPS) is 13.7. The van der Waals surface area contributed by atoms with Crippen molar-refractivity contribution in [2.45, 2.75) is 32.4 Å². The Labute approximate surface area is 167 Å². The van der Waals surface area contributed by atoms with Crippen LogP contribution in [0.3, 0.4) is 0 Å². The lowest BCUT2D eigenvalue weighted by Gasteiger charge is -2.14. The molecular formula is C22H21N3O4. The summed E-state index contributed by atoms with van der Waals surface area (Å²) in [6.45, 7) is 2.16. The van der Waals surface area contributed by atoms with E-state index in [0.717, 1.165) is 24.2 Å². The number of amides is 1. The van der Waals surface area contributed by atoms with E-state index in [4.69, 9.17) is 4.74 Å². The zero-order valence-electron chi connectivity index (χ0n) is 16.1. The maximum atomic E-state index is 12.5. The average molecular weight is 391 g/mol. The summed E-state index contributed by atoms with van der Waals surface area (Å²) in [6.07, 6.45) is 1.64. The van der Waals surface area contributed by atoms with Gasteiger partial charge in [0.05, 0.1) is 22.5 Å². The maximum Gasteiger partial charge on any atom is 0.338 e. The molecule has 1 N–H and O–H groups in total. The zero-order valence-corrected chi connectivity index (χ0v) is 16.1. The molecule has 1 aromatic heterocycles. The second-order valence-electron chi connectivity index (χ2n) is 7.10. The summed E-state index contributed by atoms with van der Waals surface area (Å²) >= 11 is 0. The van der Waals surface area contributed by atoms with Crippen molar-refractivity contribution < 1.29 is 14.3 Å². The number of aromatic nitrogens is 2. The Kier molecular flexibility index (Phi) is 5.12. The molecule has 0 bridgehead atoms. The van der Waals surface area contributed by atoms with Gasteiger partial charge in [-0.05, 0) is 37.1 Å². The molecule has 1 aliphatic heterocycles. The van der Waals surface area contributed by atoms with E-state index in [2.05, 4.69) is 10.3 Å². The van der Waals surface area contributed by atoms with Crippen LogP contribution in [0.25, 0.3) is 10.9 Å². The second-order valence-corrected chi connectivity index (χ2v) is 7.10. The van der Waals surface area contributed by atoms with Crippen molar-refractivity contribution >= 4 is 22.8 Å². The third-order valence-electron chi connectivity index (χ3n) is 5.06. The fourth-order valence-corrected chi connectivity index (χ4v) is 3.53. The van der Waals surface area contributed by atoms with Crippen molar-refractivity contribution in [1.29, 1.82) is 0 Å². The van der Waals surface area contributed by atoms with Gasteiger partial charge in [0.1, 0.15) is 5.82 Å². The number of nitrogens with one attached hydrogen (secondary N) is 1. The number of carbonyl (C=O) groups excluding carboxylic acids is 2. The molecule has 0 aliphatic carbocycles. The minimum atomic E-state index is -0.628. The van der Waals surface area contributed by atoms with Gasteiger partial charge in [-0.1, -0.05) is 30.3 Å². The molecule has 3 aromatic rings. The molecule has 0 spiro atoms. The topological polar surface area (TPSA) is 90.3 Å². The van der Waals surface area contributed by atoms with Gasteiger partial charge in [0.25, 0.3) is 11.5 Å². The number of fused-ring (bicyclic) bond motifs is 2. The number of benzene rings is 2. The standard InChI is InChI=1S/C22H21N3O4/c1-14(15-6-3-2-4-7-15)23-20(26)13-29-22(28)16-9-10-17-18(12-16)24-19-8-5-11-25(19)21(17)27/h2-4,6-7,9-10,12,14H,5,8,11,13H2,1H3,(H,23,26)/t14-/m0/s1. The van der Waals surface area contributed by atoms with Gasteiger partial charge in [-0.15, -0.1) is 0 Å². The van der Waals surface area contributed by atoms with Crippen molar-refractivity contribution in [1.82, 2.24) is 14.9 Å². The van der Waals surface area contributed by atoms with Crippen molar-refractivity contribution in [2.75, 3.05) is 6.61 Å². The fraction of sp³-hybridized carbons (Fsp3) is 0.273. The molecule has 2 aromatic carbocycles. The van der Waals surface area contributed by atoms with E-state index in [1.54, 1.807) is 16.7 Å². The molecule has 1 atom stereocenters. The van der Waals surface area contributed by atoms with Crippen molar-refractivity contribution in [3.63, 3.8) is 0 Å². The first kappa shape index (κ1) is 18.9. The van der Waals surface area contributed by atoms with E-state index >= 15 is 0 Å². The maximum absolute atomic E-state index is 12.5. The quantitative estimate of drug-likeness (QED) is 0.675. The number of carbonyl (C=O) groups is 2. The Balaban J connectivity index is 1.42. The predicted molar refractivity (Wildman–Crippen MR) is 108 cm³/mol. The molecule has 0 unspecified atom stereocenters. The first-order valence-corrected chi connectivity index (χ1v) is 9.58. The first-order chi connectivity index (χ1) is 14.0. The number of esters is 1. The van der Waals surface area contributed by atoms with E-state index in [-0.39, 0.29) is 29.7 Å². The monoisotopic (exact) mass is 391 g/mol.